The van der Waals surface area contributed by atoms with Crippen molar-refractivity contribution in [3.63, 3.8) is 0 Å². The summed E-state index contributed by atoms with van der Waals surface area (Å²) in [5, 5.41) is 1.10. The van der Waals surface area contributed by atoms with Crippen LogP contribution in [0, 0.1) is 5.92 Å². The van der Waals surface area contributed by atoms with Gasteiger partial charge in [0.15, 0.2) is 0 Å². The van der Waals surface area contributed by atoms with E-state index >= 15 is 0 Å². The number of piperazine rings is 1. The number of aryl methyl sites for hydroxylation is 1. The van der Waals surface area contributed by atoms with Crippen molar-refractivity contribution in [1.82, 2.24) is 19.3 Å². The molecule has 0 aliphatic carbocycles. The first kappa shape index (κ1) is 20.0. The maximum atomic E-state index is 13.2. The lowest BCUT2D eigenvalue weighted by atomic mass is 9.93. The van der Waals surface area contributed by atoms with Gasteiger partial charge in [-0.1, -0.05) is 18.2 Å². The molecule has 29 heavy (non-hydrogen) atoms. The first-order chi connectivity index (χ1) is 14.0. The summed E-state index contributed by atoms with van der Waals surface area (Å²) in [6, 6.07) is 10.1. The van der Waals surface area contributed by atoms with E-state index in [4.69, 9.17) is 0 Å². The van der Waals surface area contributed by atoms with Crippen LogP contribution in [-0.4, -0.2) is 77.4 Å². The number of nitrogens with zero attached hydrogens (tertiary/aromatic N) is 4. The molecule has 0 saturated carbocycles. The van der Waals surface area contributed by atoms with Gasteiger partial charge in [0, 0.05) is 63.6 Å². The Balaban J connectivity index is 1.34. The molecule has 2 aliphatic heterocycles. The fraction of sp³-hybridized carbons (Fsp3) is 0.565. The number of aromatic nitrogens is 1. The van der Waals surface area contributed by atoms with Gasteiger partial charge in [0.2, 0.25) is 5.91 Å². The number of rotatable bonds is 4. The zero-order chi connectivity index (χ0) is 20.4. The Kier molecular flexibility index (Phi) is 5.90. The minimum absolute atomic E-state index is 0.110. The van der Waals surface area contributed by atoms with Crippen molar-refractivity contribution in [2.75, 3.05) is 46.3 Å². The average Bonchev–Trinajstić information content (AvgIpc) is 3.09. The van der Waals surface area contributed by atoms with Gasteiger partial charge in [0.25, 0.3) is 5.91 Å². The van der Waals surface area contributed by atoms with Gasteiger partial charge >= 0.3 is 0 Å². The third-order valence-corrected chi connectivity index (χ3v) is 6.60. The van der Waals surface area contributed by atoms with E-state index in [-0.39, 0.29) is 11.8 Å². The number of carbonyl (C=O) groups excluding carboxylic acids is 2. The van der Waals surface area contributed by atoms with Crippen LogP contribution in [0.4, 0.5) is 0 Å². The molecule has 2 amide bonds. The number of amides is 2. The Morgan fingerprint density at radius 2 is 1.76 bits per heavy atom. The predicted octanol–water partition coefficient (Wildman–Crippen LogP) is 2.58. The Morgan fingerprint density at radius 1 is 1.00 bits per heavy atom. The molecule has 6 nitrogen and oxygen atoms in total. The zero-order valence-corrected chi connectivity index (χ0v) is 17.6. The highest BCUT2D eigenvalue weighted by Crippen LogP contribution is 2.25. The van der Waals surface area contributed by atoms with Crippen LogP contribution in [0.5, 0.6) is 0 Å². The second-order valence-electron chi connectivity index (χ2n) is 8.63. The maximum absolute atomic E-state index is 13.2. The van der Waals surface area contributed by atoms with Gasteiger partial charge in [-0.15, -0.1) is 0 Å². The standard InChI is InChI=1S/C23H32N4O2/c1-24-12-14-26(15-13-24)22(28)10-9-18-6-5-11-27(17-18)23(29)21-16-19-7-3-4-8-20(19)25(21)2/h3-4,7-8,16,18H,5-6,9-15,17H2,1-2H3. The van der Waals surface area contributed by atoms with Crippen LogP contribution in [0.1, 0.15) is 36.2 Å². The molecular weight excluding hydrogens is 364 g/mol. The molecule has 0 radical (unpaired) electrons. The lowest BCUT2D eigenvalue weighted by molar-refractivity contribution is -0.133. The molecular formula is C23H32N4O2. The van der Waals surface area contributed by atoms with Crippen molar-refractivity contribution in [1.29, 1.82) is 0 Å². The van der Waals surface area contributed by atoms with Gasteiger partial charge in [-0.3, -0.25) is 9.59 Å². The van der Waals surface area contributed by atoms with Crippen LogP contribution in [0.3, 0.4) is 0 Å². The van der Waals surface area contributed by atoms with E-state index in [0.717, 1.165) is 75.1 Å². The summed E-state index contributed by atoms with van der Waals surface area (Å²) in [6.07, 6.45) is 3.60. The summed E-state index contributed by atoms with van der Waals surface area (Å²) in [5.74, 6) is 0.799. The normalized spacial score (nSPS) is 21.0. The van der Waals surface area contributed by atoms with Crippen LogP contribution in [-0.2, 0) is 11.8 Å². The van der Waals surface area contributed by atoms with E-state index in [0.29, 0.717) is 12.3 Å². The van der Waals surface area contributed by atoms with Gasteiger partial charge in [-0.2, -0.15) is 0 Å². The van der Waals surface area contributed by atoms with Crippen molar-refractivity contribution < 1.29 is 9.59 Å². The highest BCUT2D eigenvalue weighted by atomic mass is 16.2. The smallest absolute Gasteiger partial charge is 0.270 e. The third kappa shape index (κ3) is 4.32. The minimum atomic E-state index is 0.110. The fourth-order valence-corrected chi connectivity index (χ4v) is 4.68. The summed E-state index contributed by atoms with van der Waals surface area (Å²) in [6.45, 7) is 5.17. The van der Waals surface area contributed by atoms with E-state index < -0.39 is 0 Å². The summed E-state index contributed by atoms with van der Waals surface area (Å²) in [4.78, 5) is 32.0. The Morgan fingerprint density at radius 3 is 2.52 bits per heavy atom. The number of para-hydroxylation sites is 1. The fourth-order valence-electron chi connectivity index (χ4n) is 4.68. The van der Waals surface area contributed by atoms with Crippen LogP contribution in [0.2, 0.25) is 0 Å². The lowest BCUT2D eigenvalue weighted by Crippen LogP contribution is -2.47. The van der Waals surface area contributed by atoms with E-state index in [1.165, 1.54) is 0 Å². The quantitative estimate of drug-likeness (QED) is 0.798. The second kappa shape index (κ2) is 8.57. The van der Waals surface area contributed by atoms with Crippen LogP contribution >= 0.6 is 0 Å². The molecule has 1 aromatic heterocycles. The molecule has 0 N–H and O–H groups in total. The zero-order valence-electron chi connectivity index (χ0n) is 17.6. The highest BCUT2D eigenvalue weighted by Gasteiger charge is 2.27. The molecule has 6 heteroatoms. The second-order valence-corrected chi connectivity index (χ2v) is 8.63. The molecule has 3 heterocycles. The van der Waals surface area contributed by atoms with E-state index in [9.17, 15) is 9.59 Å². The van der Waals surface area contributed by atoms with Crippen LogP contribution < -0.4 is 0 Å². The lowest BCUT2D eigenvalue weighted by Gasteiger charge is -2.34. The van der Waals surface area contributed by atoms with Crippen LogP contribution in [0.25, 0.3) is 10.9 Å². The number of carbonyl (C=O) groups is 2. The topological polar surface area (TPSA) is 48.8 Å². The summed E-state index contributed by atoms with van der Waals surface area (Å²) < 4.78 is 2.00. The molecule has 1 atom stereocenters. The number of piperidine rings is 1. The van der Waals surface area contributed by atoms with Crippen molar-refractivity contribution in [3.05, 3.63) is 36.0 Å². The maximum Gasteiger partial charge on any atom is 0.270 e. The molecule has 1 unspecified atom stereocenters. The number of benzene rings is 1. The Hall–Kier alpha value is -2.34. The van der Waals surface area contributed by atoms with Crippen molar-refractivity contribution >= 4 is 22.7 Å². The first-order valence-corrected chi connectivity index (χ1v) is 10.8. The van der Waals surface area contributed by atoms with Crippen LogP contribution in [0.15, 0.2) is 30.3 Å². The molecule has 0 spiro atoms. The van der Waals surface area contributed by atoms with Crippen molar-refractivity contribution in [2.45, 2.75) is 25.7 Å². The van der Waals surface area contributed by atoms with Gasteiger partial charge in [-0.05, 0) is 44.4 Å². The minimum Gasteiger partial charge on any atom is -0.340 e. The molecule has 2 aromatic rings. The van der Waals surface area contributed by atoms with E-state index in [2.05, 4.69) is 24.1 Å². The molecule has 2 aliphatic rings. The predicted molar refractivity (Wildman–Crippen MR) is 115 cm³/mol. The molecule has 0 bridgehead atoms. The summed E-state index contributed by atoms with van der Waals surface area (Å²) in [5.41, 5.74) is 1.84. The largest absolute Gasteiger partial charge is 0.340 e. The van der Waals surface area contributed by atoms with Crippen molar-refractivity contribution in [3.8, 4) is 0 Å². The molecule has 156 valence electrons. The Labute approximate surface area is 173 Å². The number of likely N-dealkylation sites (N-methyl/N-ethyl adjacent to an activating group) is 1. The number of hydrogen-bond acceptors (Lipinski definition) is 3. The Bertz CT molecular complexity index is 882. The van der Waals surface area contributed by atoms with Gasteiger partial charge < -0.3 is 19.3 Å². The highest BCUT2D eigenvalue weighted by molar-refractivity contribution is 5.98. The van der Waals surface area contributed by atoms with Gasteiger partial charge in [0.1, 0.15) is 5.69 Å². The number of hydrogen-bond donors (Lipinski definition) is 0. The molecule has 2 fully saturated rings. The van der Waals surface area contributed by atoms with E-state index in [1.54, 1.807) is 0 Å². The number of likely N-dealkylation sites (tertiary alicyclic amines) is 1. The SMILES string of the molecule is CN1CCN(C(=O)CCC2CCCN(C(=O)c3cc4ccccc4n3C)C2)CC1. The molecule has 2 saturated heterocycles. The molecule has 1 aromatic carbocycles. The van der Waals surface area contributed by atoms with E-state index in [1.807, 2.05) is 39.6 Å². The monoisotopic (exact) mass is 396 g/mol. The molecule has 4 rings (SSSR count). The van der Waals surface area contributed by atoms with Gasteiger partial charge in [0.05, 0.1) is 0 Å². The summed E-state index contributed by atoms with van der Waals surface area (Å²) in [7, 11) is 4.07. The van der Waals surface area contributed by atoms with Gasteiger partial charge in [-0.25, -0.2) is 0 Å². The average molecular weight is 397 g/mol. The third-order valence-electron chi connectivity index (χ3n) is 6.60. The van der Waals surface area contributed by atoms with Crippen molar-refractivity contribution in [2.24, 2.45) is 13.0 Å². The first-order valence-electron chi connectivity index (χ1n) is 10.8. The summed E-state index contributed by atoms with van der Waals surface area (Å²) >= 11 is 0. The number of fused-ring (bicyclic) bond motifs is 1.